The summed E-state index contributed by atoms with van der Waals surface area (Å²) in [5.74, 6) is 2.73. The van der Waals surface area contributed by atoms with Crippen molar-refractivity contribution >= 4 is 134 Å². The van der Waals surface area contributed by atoms with Crippen LogP contribution in [0.1, 0.15) is 48.6 Å². The monoisotopic (exact) mass is 1340 g/mol. The first-order valence-corrected chi connectivity index (χ1v) is 27.9. The molecule has 22 heteroatoms. The summed E-state index contributed by atoms with van der Waals surface area (Å²) < 4.78 is 36.4. The summed E-state index contributed by atoms with van der Waals surface area (Å²) in [6.07, 6.45) is 3.15. The lowest BCUT2D eigenvalue weighted by molar-refractivity contribution is 0.0592. The number of fused-ring (bicyclic) bond motifs is 2. The molecule has 10 aromatic rings. The lowest BCUT2D eigenvalue weighted by Gasteiger charge is -2.14. The molecule has 19 nitrogen and oxygen atoms in total. The topological polar surface area (TPSA) is 241 Å². The number of benzene rings is 7. The summed E-state index contributed by atoms with van der Waals surface area (Å²) in [7, 11) is 4.27. The number of ether oxygens (including phenoxy) is 5. The lowest BCUT2D eigenvalue weighted by Crippen LogP contribution is -2.21. The summed E-state index contributed by atoms with van der Waals surface area (Å²) in [5, 5.41) is 20.3. The van der Waals surface area contributed by atoms with Crippen LogP contribution in [0.4, 0.5) is 45.3 Å². The van der Waals surface area contributed by atoms with Gasteiger partial charge >= 0.3 is 18.0 Å². The van der Waals surface area contributed by atoms with Crippen molar-refractivity contribution in [2.45, 2.75) is 26.2 Å². The van der Waals surface area contributed by atoms with E-state index in [9.17, 15) is 14.4 Å². The Labute approximate surface area is 504 Å². The Bertz CT molecular complexity index is 3960. The van der Waals surface area contributed by atoms with Gasteiger partial charge in [0, 0.05) is 84.9 Å². The number of anilines is 7. The maximum absolute atomic E-state index is 13.5. The van der Waals surface area contributed by atoms with Gasteiger partial charge in [-0.15, -0.1) is 0 Å². The van der Waals surface area contributed by atoms with Crippen LogP contribution >= 0.6 is 54.5 Å². The molecule has 82 heavy (non-hydrogen) atoms. The highest BCUT2D eigenvalue weighted by Crippen LogP contribution is 2.36. The van der Waals surface area contributed by atoms with Crippen molar-refractivity contribution in [3.8, 4) is 34.7 Å². The fourth-order valence-corrected chi connectivity index (χ4v) is 9.06. The first-order valence-electron chi connectivity index (χ1n) is 25.5. The van der Waals surface area contributed by atoms with Crippen LogP contribution in [0.2, 0.25) is 0 Å². The third kappa shape index (κ3) is 14.9. The molecule has 0 aliphatic carbocycles. The number of rotatable bonds is 14. The van der Waals surface area contributed by atoms with Gasteiger partial charge in [-0.05, 0) is 89.8 Å². The van der Waals surface area contributed by atoms with Gasteiger partial charge in [-0.3, -0.25) is 5.32 Å². The molecule has 0 spiro atoms. The number of amides is 2. The van der Waals surface area contributed by atoms with E-state index in [1.54, 1.807) is 90.9 Å². The second kappa shape index (κ2) is 27.1. The molecule has 0 radical (unpaired) electrons. The number of carbonyl (C=O) groups is 3. The summed E-state index contributed by atoms with van der Waals surface area (Å²) in [6.45, 7) is 6.20. The second-order valence-corrected chi connectivity index (χ2v) is 20.4. The van der Waals surface area contributed by atoms with Crippen molar-refractivity contribution < 1.29 is 39.4 Å². The van der Waals surface area contributed by atoms with Crippen molar-refractivity contribution in [1.82, 2.24) is 29.7 Å². The maximum atomic E-state index is 13.5. The van der Waals surface area contributed by atoms with Crippen LogP contribution in [0.25, 0.3) is 27.2 Å². The molecule has 0 atom stereocenters. The molecule has 2 amide bonds. The summed E-state index contributed by atoms with van der Waals surface area (Å²) in [4.78, 5) is 55.3. The molecule has 418 valence electrons. The third-order valence-electron chi connectivity index (χ3n) is 11.9. The number of nitrogens with one attached hydrogen (secondary N) is 4. The number of carbonyl (C=O) groups excluding carboxylic acids is 3. The Morgan fingerprint density at radius 1 is 0.622 bits per heavy atom. The van der Waals surface area contributed by atoms with Gasteiger partial charge in [0.2, 0.25) is 23.7 Å². The van der Waals surface area contributed by atoms with Crippen molar-refractivity contribution in [3.05, 3.63) is 190 Å². The van der Waals surface area contributed by atoms with E-state index in [1.165, 1.54) is 14.2 Å². The molecule has 0 saturated heterocycles. The van der Waals surface area contributed by atoms with Crippen molar-refractivity contribution in [1.29, 1.82) is 0 Å². The molecule has 0 fully saturated rings. The van der Waals surface area contributed by atoms with Gasteiger partial charge in [0.05, 0.1) is 49.5 Å². The molecule has 3 heterocycles. The van der Waals surface area contributed by atoms with Crippen LogP contribution in [-0.4, -0.2) is 73.9 Å². The first-order chi connectivity index (χ1) is 39.9. The van der Waals surface area contributed by atoms with Crippen molar-refractivity contribution in [3.63, 3.8) is 0 Å². The average molecular weight is 1340 g/mol. The molecule has 6 N–H and O–H groups in total. The van der Waals surface area contributed by atoms with Crippen LogP contribution in [0.3, 0.4) is 0 Å². The number of aromatic nitrogens is 6. The molecule has 0 saturated carbocycles. The van der Waals surface area contributed by atoms with Gasteiger partial charge in [0.15, 0.2) is 0 Å². The largest absolute Gasteiger partial charge is 0.497 e. The van der Waals surface area contributed by atoms with Crippen LogP contribution < -0.4 is 41.2 Å². The van der Waals surface area contributed by atoms with E-state index in [0.717, 1.165) is 38.7 Å². The van der Waals surface area contributed by atoms with Crippen molar-refractivity contribution in [2.24, 2.45) is 0 Å². The standard InChI is InChI=1S/C37H34BrN7O5.C22H17BrN4O3.CH3I/c1-37(2,3)31-21-32(45(44-31)25-10-12-26(48-4)13-11-25)42-36(47)41-29-14-15-30(28-9-7-6-8-27(28)29)50-33-16-17-39-35(43-33)40-24-19-22(34(46)49-5)18-23(38)20-24;1-29-21(28)13-10-14(23)12-15(11-13)26-22-25-9-8-20(27-22)30-19-7-6-18(24)16-4-2-3-5-17(16)19;1-2/h6-21H,1-5H3,(H,39,40,43)(H2,41,42,47);2-12H,24H2,1H3,(H,25,26,27);1H3/i;;1D. The minimum Gasteiger partial charge on any atom is -0.497 e. The molecule has 0 bridgehead atoms. The molecular formula is C60H54Br2IN11O8. The van der Waals surface area contributed by atoms with Gasteiger partial charge in [-0.25, -0.2) is 29.0 Å². The predicted octanol–water partition coefficient (Wildman–Crippen LogP) is 15.2. The number of nitrogens with two attached hydrogens (primary N) is 1. The highest BCUT2D eigenvalue weighted by molar-refractivity contribution is 14.1. The zero-order valence-electron chi connectivity index (χ0n) is 46.0. The van der Waals surface area contributed by atoms with Gasteiger partial charge in [0.1, 0.15) is 23.1 Å². The van der Waals surface area contributed by atoms with Crippen LogP contribution in [0.15, 0.2) is 173 Å². The quantitative estimate of drug-likeness (QED) is 0.0294. The van der Waals surface area contributed by atoms with E-state index >= 15 is 0 Å². The average Bonchev–Trinajstić information content (AvgIpc) is 4.11. The predicted molar refractivity (Wildman–Crippen MR) is 335 cm³/mol. The zero-order chi connectivity index (χ0) is 59.2. The number of esters is 2. The number of hydrogen-bond donors (Lipinski definition) is 5. The van der Waals surface area contributed by atoms with E-state index in [0.29, 0.717) is 76.9 Å². The fourth-order valence-electron chi connectivity index (χ4n) is 8.08. The van der Waals surface area contributed by atoms with Crippen molar-refractivity contribution in [2.75, 3.05) is 53.2 Å². The van der Waals surface area contributed by atoms with E-state index in [2.05, 4.69) is 93.8 Å². The Kier molecular flexibility index (Phi) is 19.1. The van der Waals surface area contributed by atoms with Gasteiger partial charge < -0.3 is 45.4 Å². The first kappa shape index (κ1) is 57.8. The fraction of sp³-hybridized carbons (Fsp3) is 0.133. The molecule has 0 unspecified atom stereocenters. The molecule has 3 aromatic heterocycles. The molecule has 0 aliphatic heterocycles. The molecule has 7 aromatic carbocycles. The Balaban J connectivity index is 0.000000231. The third-order valence-corrected chi connectivity index (χ3v) is 12.8. The lowest BCUT2D eigenvalue weighted by atomic mass is 9.92. The molecular weight excluding hydrogens is 1290 g/mol. The normalized spacial score (nSPS) is 10.9. The van der Waals surface area contributed by atoms with Gasteiger partial charge in [-0.1, -0.05) is 124 Å². The minimum atomic E-state index is -0.468. The highest BCUT2D eigenvalue weighted by Gasteiger charge is 2.23. The number of methoxy groups -OCH3 is 3. The number of halogens is 3. The zero-order valence-corrected chi connectivity index (χ0v) is 50.3. The number of urea groups is 1. The molecule has 0 aliphatic rings. The smallest absolute Gasteiger partial charge is 0.337 e. The Morgan fingerprint density at radius 3 is 1.63 bits per heavy atom. The second-order valence-electron chi connectivity index (χ2n) is 18.5. The van der Waals surface area contributed by atoms with Gasteiger partial charge in [-0.2, -0.15) is 15.1 Å². The van der Waals surface area contributed by atoms with Crippen LogP contribution in [-0.2, 0) is 14.9 Å². The Morgan fingerprint density at radius 2 is 1.12 bits per heavy atom. The molecule has 10 rings (SSSR count). The van der Waals surface area contributed by atoms with E-state index in [4.69, 9.17) is 35.9 Å². The van der Waals surface area contributed by atoms with Crippen LogP contribution in [0, 0.1) is 0 Å². The van der Waals surface area contributed by atoms with Crippen LogP contribution in [0.5, 0.6) is 29.0 Å². The summed E-state index contributed by atoms with van der Waals surface area (Å²) in [5.41, 5.74) is 10.6. The minimum absolute atomic E-state index is 0.246. The van der Waals surface area contributed by atoms with E-state index in [-0.39, 0.29) is 17.2 Å². The highest BCUT2D eigenvalue weighted by atomic mass is 127. The van der Waals surface area contributed by atoms with Gasteiger partial charge in [0.25, 0.3) is 0 Å². The number of alkyl halides is 1. The maximum Gasteiger partial charge on any atom is 0.337 e. The SMILES string of the molecule is COC(=O)c1cc(Br)cc(Nc2nccc(Oc3ccc(N)c4ccccc34)n2)c1.COC(=O)c1cc(Br)cc(Nc2nccc(Oc3ccc(NC(=O)Nc4cc(C(C)(C)C)nn4-c4ccc(OC)cc4)c4ccccc34)n2)c1.[2H]CI. The number of hydrogen-bond acceptors (Lipinski definition) is 16. The van der Waals surface area contributed by atoms with E-state index in [1.807, 2.05) is 108 Å². The Hall–Kier alpha value is -8.87. The number of nitrogen functional groups attached to an aromatic ring is 1. The summed E-state index contributed by atoms with van der Waals surface area (Å²) >= 11 is 8.76. The number of nitrogens with zero attached hydrogens (tertiary/aromatic N) is 6. The summed E-state index contributed by atoms with van der Waals surface area (Å²) in [6, 6.07) is 44.9. The van der Waals surface area contributed by atoms with E-state index < -0.39 is 18.0 Å².